The van der Waals surface area contributed by atoms with E-state index in [-0.39, 0.29) is 23.1 Å². The van der Waals surface area contributed by atoms with Crippen LogP contribution in [-0.2, 0) is 13.9 Å². The van der Waals surface area contributed by atoms with Crippen LogP contribution in [0.5, 0.6) is 0 Å². The van der Waals surface area contributed by atoms with E-state index in [1.807, 2.05) is 0 Å². The first-order valence-electron chi connectivity index (χ1n) is 10.6. The normalized spacial score (nSPS) is 22.8. The molecule has 3 atom stereocenters. The molecule has 0 unspecified atom stereocenters. The van der Waals surface area contributed by atoms with Crippen LogP contribution in [0.4, 0.5) is 10.6 Å². The zero-order valence-electron chi connectivity index (χ0n) is 19.7. The van der Waals surface area contributed by atoms with Crippen LogP contribution in [0.2, 0.25) is 18.1 Å². The molecule has 1 aromatic rings. The Morgan fingerprint density at radius 1 is 1.30 bits per heavy atom. The molecule has 9 heteroatoms. The molecule has 8 nitrogen and oxygen atoms in total. The molecule has 0 saturated carbocycles. The number of carbonyl (C=O) groups is 1. The molecule has 0 aliphatic carbocycles. The highest BCUT2D eigenvalue weighted by molar-refractivity contribution is 6.74. The highest BCUT2D eigenvalue weighted by atomic mass is 28.4. The molecule has 1 aliphatic heterocycles. The van der Waals surface area contributed by atoms with Gasteiger partial charge in [-0.2, -0.15) is 4.98 Å². The first-order valence-corrected chi connectivity index (χ1v) is 13.5. The van der Waals surface area contributed by atoms with Gasteiger partial charge in [-0.05, 0) is 51.4 Å². The summed E-state index contributed by atoms with van der Waals surface area (Å²) >= 11 is 0. The third kappa shape index (κ3) is 6.15. The van der Waals surface area contributed by atoms with Crippen LogP contribution in [0, 0.1) is 0 Å². The third-order valence-corrected chi connectivity index (χ3v) is 10.1. The molecule has 1 fully saturated rings. The number of hydrogen-bond acceptors (Lipinski definition) is 6. The summed E-state index contributed by atoms with van der Waals surface area (Å²) in [5.41, 5.74) is -1.12. The Kier molecular flexibility index (Phi) is 7.20. The molecule has 0 bridgehead atoms. The van der Waals surface area contributed by atoms with Crippen molar-refractivity contribution in [2.45, 2.75) is 103 Å². The Balaban J connectivity index is 2.13. The van der Waals surface area contributed by atoms with Crippen molar-refractivity contribution in [1.29, 1.82) is 0 Å². The van der Waals surface area contributed by atoms with Gasteiger partial charge < -0.3 is 13.9 Å². The van der Waals surface area contributed by atoms with E-state index in [0.717, 1.165) is 6.42 Å². The van der Waals surface area contributed by atoms with E-state index < -0.39 is 31.9 Å². The molecule has 0 radical (unpaired) electrons. The summed E-state index contributed by atoms with van der Waals surface area (Å²) in [6.07, 6.45) is 1.75. The number of ether oxygens (including phenoxy) is 2. The molecule has 1 aliphatic rings. The number of nitrogens with one attached hydrogen (secondary N) is 1. The van der Waals surface area contributed by atoms with Crippen LogP contribution in [0.1, 0.15) is 67.5 Å². The molecule has 1 saturated heterocycles. The fourth-order valence-electron chi connectivity index (χ4n) is 3.02. The zero-order chi connectivity index (χ0) is 22.9. The molecule has 1 aromatic heterocycles. The van der Waals surface area contributed by atoms with Gasteiger partial charge in [0.15, 0.2) is 8.32 Å². The Bertz CT molecular complexity index is 810. The standard InChI is InChI=1S/C21H37N3O5Si/c1-10-14-15(29-30(8,9)21(5,6)7)13-17(27-14)24-12-11-16(22-18(24)25)23-19(26)28-20(2,3)4/h11-12,14-15,17H,10,13H2,1-9H3,(H,22,23,25,26)/t14-,15-,17-/m1/s1. The van der Waals surface area contributed by atoms with Gasteiger partial charge in [-0.1, -0.05) is 27.7 Å². The Labute approximate surface area is 180 Å². The lowest BCUT2D eigenvalue weighted by molar-refractivity contribution is -0.0197. The molecule has 30 heavy (non-hydrogen) atoms. The highest BCUT2D eigenvalue weighted by Crippen LogP contribution is 2.41. The van der Waals surface area contributed by atoms with Gasteiger partial charge in [-0.15, -0.1) is 0 Å². The average Bonchev–Trinajstić information content (AvgIpc) is 2.93. The summed E-state index contributed by atoms with van der Waals surface area (Å²) in [6, 6.07) is 1.57. The van der Waals surface area contributed by atoms with E-state index in [1.165, 1.54) is 4.57 Å². The van der Waals surface area contributed by atoms with E-state index in [4.69, 9.17) is 13.9 Å². The third-order valence-electron chi connectivity index (χ3n) is 5.60. The second-order valence-electron chi connectivity index (χ2n) is 10.3. The second-order valence-corrected chi connectivity index (χ2v) is 15.1. The lowest BCUT2D eigenvalue weighted by atomic mass is 10.1. The fourth-order valence-corrected chi connectivity index (χ4v) is 4.38. The highest BCUT2D eigenvalue weighted by Gasteiger charge is 2.44. The summed E-state index contributed by atoms with van der Waals surface area (Å²) in [5, 5.41) is 2.58. The number of anilines is 1. The molecule has 0 spiro atoms. The van der Waals surface area contributed by atoms with E-state index >= 15 is 0 Å². The summed E-state index contributed by atoms with van der Waals surface area (Å²) in [6.45, 7) is 18.4. The molecule has 2 heterocycles. The van der Waals surface area contributed by atoms with Gasteiger partial charge in [0.25, 0.3) is 0 Å². The molecule has 1 amide bonds. The van der Waals surface area contributed by atoms with Crippen LogP contribution in [-0.4, -0.2) is 41.8 Å². The Morgan fingerprint density at radius 3 is 2.43 bits per heavy atom. The van der Waals surface area contributed by atoms with Crippen LogP contribution in [0.25, 0.3) is 0 Å². The monoisotopic (exact) mass is 439 g/mol. The van der Waals surface area contributed by atoms with Crippen LogP contribution in [0.3, 0.4) is 0 Å². The van der Waals surface area contributed by atoms with Gasteiger partial charge in [-0.25, -0.2) is 9.59 Å². The second kappa shape index (κ2) is 8.80. The van der Waals surface area contributed by atoms with Crippen molar-refractivity contribution in [3.05, 3.63) is 22.7 Å². The van der Waals surface area contributed by atoms with Crippen LogP contribution < -0.4 is 11.0 Å². The Morgan fingerprint density at radius 2 is 1.93 bits per heavy atom. The van der Waals surface area contributed by atoms with Gasteiger partial charge in [0.1, 0.15) is 17.6 Å². The largest absolute Gasteiger partial charge is 0.444 e. The van der Waals surface area contributed by atoms with Gasteiger partial charge in [0.2, 0.25) is 0 Å². The predicted octanol–water partition coefficient (Wildman–Crippen LogP) is 4.68. The summed E-state index contributed by atoms with van der Waals surface area (Å²) < 4.78 is 19.4. The van der Waals surface area contributed by atoms with E-state index in [9.17, 15) is 9.59 Å². The number of aromatic nitrogens is 2. The smallest absolute Gasteiger partial charge is 0.413 e. The van der Waals surface area contributed by atoms with Gasteiger partial charge >= 0.3 is 11.8 Å². The maximum absolute atomic E-state index is 12.6. The zero-order valence-corrected chi connectivity index (χ0v) is 20.7. The first kappa shape index (κ1) is 24.6. The minimum atomic E-state index is -1.96. The first-order chi connectivity index (χ1) is 13.6. The van der Waals surface area contributed by atoms with Crippen LogP contribution >= 0.6 is 0 Å². The van der Waals surface area contributed by atoms with Crippen molar-refractivity contribution in [3.63, 3.8) is 0 Å². The number of nitrogens with zero attached hydrogens (tertiary/aromatic N) is 2. The van der Waals surface area contributed by atoms with E-state index in [0.29, 0.717) is 6.42 Å². The lowest BCUT2D eigenvalue weighted by Gasteiger charge is -2.39. The van der Waals surface area contributed by atoms with Crippen molar-refractivity contribution in [3.8, 4) is 0 Å². The molecule has 0 aromatic carbocycles. The average molecular weight is 440 g/mol. The summed E-state index contributed by atoms with van der Waals surface area (Å²) in [7, 11) is -1.96. The quantitative estimate of drug-likeness (QED) is 0.670. The minimum Gasteiger partial charge on any atom is -0.444 e. The molecule has 1 N–H and O–H groups in total. The molecular weight excluding hydrogens is 402 g/mol. The van der Waals surface area contributed by atoms with Gasteiger partial charge in [0, 0.05) is 12.6 Å². The van der Waals surface area contributed by atoms with Gasteiger partial charge in [-0.3, -0.25) is 9.88 Å². The lowest BCUT2D eigenvalue weighted by Crippen LogP contribution is -2.45. The van der Waals surface area contributed by atoms with E-state index in [2.05, 4.69) is 51.1 Å². The number of carbonyl (C=O) groups excluding carboxylic acids is 1. The topological polar surface area (TPSA) is 91.7 Å². The van der Waals surface area contributed by atoms with Crippen molar-refractivity contribution in [1.82, 2.24) is 9.55 Å². The van der Waals surface area contributed by atoms with E-state index in [1.54, 1.807) is 33.0 Å². The molecular formula is C21H37N3O5Si. The molecule has 170 valence electrons. The summed E-state index contributed by atoms with van der Waals surface area (Å²) in [5.74, 6) is 0.143. The van der Waals surface area contributed by atoms with Crippen molar-refractivity contribution in [2.75, 3.05) is 5.32 Å². The summed E-state index contributed by atoms with van der Waals surface area (Å²) in [4.78, 5) is 28.4. The molecule has 2 rings (SSSR count). The maximum Gasteiger partial charge on any atom is 0.413 e. The van der Waals surface area contributed by atoms with Crippen LogP contribution in [0.15, 0.2) is 17.1 Å². The fraction of sp³-hybridized carbons (Fsp3) is 0.762. The van der Waals surface area contributed by atoms with Crippen molar-refractivity contribution in [2.24, 2.45) is 0 Å². The SMILES string of the molecule is CC[C@H]1O[C@@H](n2ccc(NC(=O)OC(C)(C)C)nc2=O)C[C@H]1O[Si](C)(C)C(C)(C)C. The van der Waals surface area contributed by atoms with Gasteiger partial charge in [0.05, 0.1) is 12.2 Å². The number of amides is 1. The van der Waals surface area contributed by atoms with Crippen molar-refractivity contribution >= 4 is 20.2 Å². The van der Waals surface area contributed by atoms with Crippen molar-refractivity contribution < 1.29 is 18.7 Å². The number of hydrogen-bond donors (Lipinski definition) is 1. The Hall–Kier alpha value is -1.71. The minimum absolute atomic E-state index is 0.0626. The predicted molar refractivity (Wildman–Crippen MR) is 119 cm³/mol. The maximum atomic E-state index is 12.6. The number of rotatable bonds is 5.